The number of carbonyl (C=O) groups excluding carboxylic acids is 2. The van der Waals surface area contributed by atoms with E-state index in [1.165, 1.54) is 31.1 Å². The zero-order valence-corrected chi connectivity index (χ0v) is 16.5. The van der Waals surface area contributed by atoms with Crippen LogP contribution in [0.5, 0.6) is 0 Å². The highest BCUT2D eigenvalue weighted by molar-refractivity contribution is 6.08. The minimum atomic E-state index is -4.77. The number of Topliss-reactive ketones (excluding diaryl/α,β-unsaturated/α-hetero) is 1. The number of hydrogen-bond donors (Lipinski definition) is 1. The number of nitrogens with zero attached hydrogens (tertiary/aromatic N) is 2. The molecule has 4 aliphatic heterocycles. The summed E-state index contributed by atoms with van der Waals surface area (Å²) in [4.78, 5) is 32.7. The molecule has 0 radical (unpaired) electrons. The average molecular weight is 437 g/mol. The molecule has 164 valence electrons. The number of alkyl halides is 3. The molecule has 31 heavy (non-hydrogen) atoms. The molecule has 6 atom stereocenters. The normalized spacial score (nSPS) is 38.5. The number of hydrogen-bond acceptors (Lipinski definition) is 7. The molecule has 1 aromatic rings. The van der Waals surface area contributed by atoms with Crippen molar-refractivity contribution in [3.8, 4) is 6.07 Å². The van der Waals surface area contributed by atoms with Gasteiger partial charge in [0.2, 0.25) is 5.91 Å². The van der Waals surface area contributed by atoms with Crippen molar-refractivity contribution in [2.45, 2.75) is 43.0 Å². The number of hydroxylamine groups is 1. The standard InChI is InChI=1S/C20H18F3N3O5/c1-18-12-13-17(30-6-5-19(13,31-18)14(15(18)27)25-29-2)26(16(12)28)10-4-3-9(8-24)11(7-10)20(21,22)23/h3-4,7,12-14,17,25H,5-6H2,1-2H3/t12-,13+,14?,17+,18+,19-/m1/s1. The first kappa shape index (κ1) is 20.4. The van der Waals surface area contributed by atoms with E-state index < -0.39 is 58.5 Å². The quantitative estimate of drug-likeness (QED) is 0.716. The van der Waals surface area contributed by atoms with Gasteiger partial charge in [0.05, 0.1) is 42.7 Å². The number of ketones is 1. The molecule has 4 aliphatic rings. The lowest BCUT2D eigenvalue weighted by Gasteiger charge is -2.44. The van der Waals surface area contributed by atoms with Crippen molar-refractivity contribution in [3.63, 3.8) is 0 Å². The Morgan fingerprint density at radius 3 is 2.74 bits per heavy atom. The number of nitrogens with one attached hydrogen (secondary N) is 1. The first-order valence-corrected chi connectivity index (χ1v) is 9.69. The molecule has 0 aliphatic carbocycles. The number of fused-ring (bicyclic) bond motifs is 2. The Balaban J connectivity index is 1.63. The van der Waals surface area contributed by atoms with Gasteiger partial charge in [-0.05, 0) is 25.1 Å². The highest BCUT2D eigenvalue weighted by Crippen LogP contribution is 2.64. The summed E-state index contributed by atoms with van der Waals surface area (Å²) in [6.45, 7) is 1.68. The summed E-state index contributed by atoms with van der Waals surface area (Å²) in [7, 11) is 1.37. The van der Waals surface area contributed by atoms with Crippen molar-refractivity contribution >= 4 is 17.4 Å². The van der Waals surface area contributed by atoms with E-state index in [-0.39, 0.29) is 18.1 Å². The van der Waals surface area contributed by atoms with Gasteiger partial charge in [-0.1, -0.05) is 0 Å². The Kier molecular flexibility index (Phi) is 4.12. The Bertz CT molecular complexity index is 1040. The minimum absolute atomic E-state index is 0.0422. The van der Waals surface area contributed by atoms with Crippen LogP contribution in [-0.2, 0) is 30.1 Å². The van der Waals surface area contributed by atoms with E-state index in [1.54, 1.807) is 0 Å². The van der Waals surface area contributed by atoms with Crippen LogP contribution in [0.4, 0.5) is 18.9 Å². The first-order chi connectivity index (χ1) is 14.6. The van der Waals surface area contributed by atoms with Crippen LogP contribution in [0.3, 0.4) is 0 Å². The number of carbonyl (C=O) groups is 2. The Hall–Kier alpha value is -2.52. The van der Waals surface area contributed by atoms with Crippen molar-refractivity contribution in [2.24, 2.45) is 11.8 Å². The summed E-state index contributed by atoms with van der Waals surface area (Å²) >= 11 is 0. The SMILES string of the molecule is CONC1C(=O)[C@@]2(C)O[C@@]13CCO[C@H]1[C@@H]3[C@@H]2C(=O)N1c1ccc(C#N)c(C(F)(F)F)c1. The zero-order valence-electron chi connectivity index (χ0n) is 16.5. The molecule has 4 fully saturated rings. The third kappa shape index (κ3) is 2.39. The van der Waals surface area contributed by atoms with E-state index in [9.17, 15) is 22.8 Å². The number of ether oxygens (including phenoxy) is 2. The third-order valence-corrected chi connectivity index (χ3v) is 6.95. The predicted molar refractivity (Wildman–Crippen MR) is 96.1 cm³/mol. The predicted octanol–water partition coefficient (Wildman–Crippen LogP) is 1.53. The van der Waals surface area contributed by atoms with Gasteiger partial charge >= 0.3 is 6.18 Å². The van der Waals surface area contributed by atoms with E-state index in [2.05, 4.69) is 5.48 Å². The van der Waals surface area contributed by atoms with Gasteiger partial charge in [-0.2, -0.15) is 23.9 Å². The maximum atomic E-state index is 13.5. The summed E-state index contributed by atoms with van der Waals surface area (Å²) < 4.78 is 52.5. The number of halogens is 3. The lowest BCUT2D eigenvalue weighted by atomic mass is 9.63. The number of anilines is 1. The molecule has 5 rings (SSSR count). The van der Waals surface area contributed by atoms with Crippen LogP contribution in [-0.4, -0.2) is 48.9 Å². The molecule has 1 aromatic carbocycles. The summed E-state index contributed by atoms with van der Waals surface area (Å²) in [6.07, 6.45) is -5.35. The first-order valence-electron chi connectivity index (χ1n) is 9.69. The van der Waals surface area contributed by atoms with E-state index in [1.807, 2.05) is 0 Å². The number of benzene rings is 1. The van der Waals surface area contributed by atoms with Crippen molar-refractivity contribution in [3.05, 3.63) is 29.3 Å². The van der Waals surface area contributed by atoms with Gasteiger partial charge in [-0.15, -0.1) is 0 Å². The van der Waals surface area contributed by atoms with Crippen molar-refractivity contribution in [1.29, 1.82) is 5.26 Å². The van der Waals surface area contributed by atoms with Gasteiger partial charge in [0.25, 0.3) is 0 Å². The Morgan fingerprint density at radius 2 is 2.10 bits per heavy atom. The van der Waals surface area contributed by atoms with Crippen LogP contribution in [0, 0.1) is 23.2 Å². The fourth-order valence-corrected chi connectivity index (χ4v) is 5.78. The maximum Gasteiger partial charge on any atom is 0.417 e. The van der Waals surface area contributed by atoms with E-state index in [0.717, 1.165) is 12.1 Å². The molecule has 0 saturated carbocycles. The van der Waals surface area contributed by atoms with Crippen LogP contribution in [0.2, 0.25) is 0 Å². The fraction of sp³-hybridized carbons (Fsp3) is 0.550. The smallest absolute Gasteiger partial charge is 0.357 e. The second-order valence-electron chi connectivity index (χ2n) is 8.35. The molecule has 0 aromatic heterocycles. The molecule has 1 spiro atoms. The zero-order chi connectivity index (χ0) is 22.3. The monoisotopic (exact) mass is 437 g/mol. The molecular weight excluding hydrogens is 419 g/mol. The van der Waals surface area contributed by atoms with Crippen molar-refractivity contribution in [2.75, 3.05) is 18.6 Å². The highest BCUT2D eigenvalue weighted by Gasteiger charge is 2.82. The second kappa shape index (κ2) is 6.26. The fourth-order valence-electron chi connectivity index (χ4n) is 5.78. The minimum Gasteiger partial charge on any atom is -0.357 e. The summed E-state index contributed by atoms with van der Waals surface area (Å²) in [5.74, 6) is -2.34. The van der Waals surface area contributed by atoms with Crippen LogP contribution >= 0.6 is 0 Å². The van der Waals surface area contributed by atoms with Crippen molar-refractivity contribution in [1.82, 2.24) is 5.48 Å². The van der Waals surface area contributed by atoms with E-state index in [4.69, 9.17) is 19.6 Å². The average Bonchev–Trinajstić information content (AvgIpc) is 3.26. The number of amides is 1. The maximum absolute atomic E-state index is 13.5. The molecule has 2 bridgehead atoms. The largest absolute Gasteiger partial charge is 0.417 e. The van der Waals surface area contributed by atoms with Gasteiger partial charge in [0.15, 0.2) is 5.78 Å². The van der Waals surface area contributed by atoms with Crippen LogP contribution in [0.25, 0.3) is 0 Å². The third-order valence-electron chi connectivity index (χ3n) is 6.95. The summed E-state index contributed by atoms with van der Waals surface area (Å²) in [5.41, 5.74) is -1.56. The summed E-state index contributed by atoms with van der Waals surface area (Å²) in [5, 5.41) is 9.05. The van der Waals surface area contributed by atoms with Gasteiger partial charge in [-0.25, -0.2) is 0 Å². The number of nitriles is 1. The molecule has 4 heterocycles. The highest BCUT2D eigenvalue weighted by atomic mass is 19.4. The molecule has 11 heteroatoms. The second-order valence-corrected chi connectivity index (χ2v) is 8.35. The van der Waals surface area contributed by atoms with Gasteiger partial charge in [0, 0.05) is 12.1 Å². The van der Waals surface area contributed by atoms with Crippen LogP contribution in [0.15, 0.2) is 18.2 Å². The lowest BCUT2D eigenvalue weighted by Crippen LogP contribution is -2.64. The summed E-state index contributed by atoms with van der Waals surface area (Å²) in [6, 6.07) is 3.80. The molecule has 1 unspecified atom stereocenters. The Labute approximate surface area is 174 Å². The molecule has 1 N–H and O–H groups in total. The van der Waals surface area contributed by atoms with Gasteiger partial charge in [0.1, 0.15) is 23.5 Å². The van der Waals surface area contributed by atoms with Crippen molar-refractivity contribution < 1.29 is 37.1 Å². The van der Waals surface area contributed by atoms with Crippen LogP contribution in [0.1, 0.15) is 24.5 Å². The van der Waals surface area contributed by atoms with E-state index in [0.29, 0.717) is 6.42 Å². The molecule has 8 nitrogen and oxygen atoms in total. The van der Waals surface area contributed by atoms with Crippen LogP contribution < -0.4 is 10.4 Å². The number of rotatable bonds is 3. The molecule has 1 amide bonds. The molecular formula is C20H18F3N3O5. The lowest BCUT2D eigenvalue weighted by molar-refractivity contribution is -0.154. The topological polar surface area (TPSA) is 101 Å². The van der Waals surface area contributed by atoms with Gasteiger partial charge < -0.3 is 14.3 Å². The van der Waals surface area contributed by atoms with E-state index >= 15 is 0 Å². The van der Waals surface area contributed by atoms with Gasteiger partial charge in [-0.3, -0.25) is 14.5 Å². The Morgan fingerprint density at radius 1 is 1.35 bits per heavy atom. The molecule has 4 saturated heterocycles.